The molecule has 0 saturated heterocycles. The maximum Gasteiger partial charge on any atom is 0.142 e. The molecule has 0 aliphatic rings. The molecule has 2 aromatic carbocycles. The minimum Gasteiger partial charge on any atom is -0.489 e. The molecule has 0 radical (unpaired) electrons. The average molecular weight is 367 g/mol. The van der Waals surface area contributed by atoms with Crippen LogP contribution in [0.25, 0.3) is 0 Å². The summed E-state index contributed by atoms with van der Waals surface area (Å²) in [6.45, 7) is 1.80. The summed E-state index contributed by atoms with van der Waals surface area (Å²) >= 11 is 3.35. The first-order chi connectivity index (χ1) is 10.7. The molecule has 4 N–H and O–H groups in total. The van der Waals surface area contributed by atoms with E-state index in [2.05, 4.69) is 15.9 Å². The number of nitrogens with two attached hydrogens (primary N) is 2. The molecule has 6 heteroatoms. The topological polar surface area (TPSA) is 79.7 Å². The standard InChI is InChI=1S/C16H19BrN2O3/c17-12-5-6-16(14(19)11-12)22-10-8-20-7-9-21-15-4-2-1-3-13(15)18/h1-6,11H,7-10,18-19H2. The van der Waals surface area contributed by atoms with Gasteiger partial charge >= 0.3 is 0 Å². The summed E-state index contributed by atoms with van der Waals surface area (Å²) in [6, 6.07) is 12.9. The minimum absolute atomic E-state index is 0.430. The van der Waals surface area contributed by atoms with Crippen molar-refractivity contribution < 1.29 is 14.2 Å². The summed E-state index contributed by atoms with van der Waals surface area (Å²) in [7, 11) is 0. The zero-order valence-electron chi connectivity index (χ0n) is 12.1. The molecule has 0 bridgehead atoms. The van der Waals surface area contributed by atoms with Crippen LogP contribution in [0.4, 0.5) is 11.4 Å². The highest BCUT2D eigenvalue weighted by Gasteiger charge is 2.01. The summed E-state index contributed by atoms with van der Waals surface area (Å²) in [5, 5.41) is 0. The summed E-state index contributed by atoms with van der Waals surface area (Å²) in [5.74, 6) is 1.32. The SMILES string of the molecule is Nc1ccccc1OCCOCCOc1ccc(Br)cc1N. The number of hydrogen-bond donors (Lipinski definition) is 2. The van der Waals surface area contributed by atoms with Crippen molar-refractivity contribution in [1.82, 2.24) is 0 Å². The van der Waals surface area contributed by atoms with Crippen LogP contribution in [0.15, 0.2) is 46.9 Å². The minimum atomic E-state index is 0.430. The van der Waals surface area contributed by atoms with Crippen molar-refractivity contribution in [1.29, 1.82) is 0 Å². The summed E-state index contributed by atoms with van der Waals surface area (Å²) < 4.78 is 17.4. The molecule has 118 valence electrons. The molecule has 0 amide bonds. The van der Waals surface area contributed by atoms with Crippen molar-refractivity contribution in [2.24, 2.45) is 0 Å². The fourth-order valence-electron chi connectivity index (χ4n) is 1.79. The monoisotopic (exact) mass is 366 g/mol. The molecule has 0 fully saturated rings. The van der Waals surface area contributed by atoms with Crippen molar-refractivity contribution in [3.8, 4) is 11.5 Å². The normalized spacial score (nSPS) is 10.4. The number of benzene rings is 2. The van der Waals surface area contributed by atoms with Crippen molar-refractivity contribution in [2.75, 3.05) is 37.9 Å². The molecule has 0 aliphatic carbocycles. The predicted molar refractivity (Wildman–Crippen MR) is 91.2 cm³/mol. The molecular weight excluding hydrogens is 348 g/mol. The van der Waals surface area contributed by atoms with Crippen molar-refractivity contribution in [3.63, 3.8) is 0 Å². The Morgan fingerprint density at radius 3 is 2.05 bits per heavy atom. The second kappa shape index (κ2) is 8.51. The summed E-state index contributed by atoms with van der Waals surface area (Å²) in [6.07, 6.45) is 0. The number of anilines is 2. The van der Waals surface area contributed by atoms with Crippen LogP contribution in [0.5, 0.6) is 11.5 Å². The van der Waals surface area contributed by atoms with Gasteiger partial charge < -0.3 is 25.7 Å². The Morgan fingerprint density at radius 2 is 1.41 bits per heavy atom. The van der Waals surface area contributed by atoms with Crippen LogP contribution in [0.3, 0.4) is 0 Å². The molecule has 2 rings (SSSR count). The maximum absolute atomic E-state index is 5.83. The van der Waals surface area contributed by atoms with Gasteiger partial charge in [-0.3, -0.25) is 0 Å². The fraction of sp³-hybridized carbons (Fsp3) is 0.250. The second-order valence-corrected chi connectivity index (χ2v) is 5.44. The molecule has 2 aromatic rings. The predicted octanol–water partition coefficient (Wildman–Crippen LogP) is 3.09. The second-order valence-electron chi connectivity index (χ2n) is 4.53. The van der Waals surface area contributed by atoms with Gasteiger partial charge in [-0.2, -0.15) is 0 Å². The van der Waals surface area contributed by atoms with Gasteiger partial charge in [0, 0.05) is 4.47 Å². The Bertz CT molecular complexity index is 608. The third-order valence-electron chi connectivity index (χ3n) is 2.86. The number of rotatable bonds is 8. The molecule has 0 heterocycles. The zero-order chi connectivity index (χ0) is 15.8. The molecule has 0 aromatic heterocycles. The lowest BCUT2D eigenvalue weighted by atomic mass is 10.3. The lowest BCUT2D eigenvalue weighted by Crippen LogP contribution is -2.12. The van der Waals surface area contributed by atoms with Crippen LogP contribution in [-0.4, -0.2) is 26.4 Å². The Balaban J connectivity index is 1.59. The molecule has 0 unspecified atom stereocenters. The first kappa shape index (κ1) is 16.5. The molecule has 0 spiro atoms. The van der Waals surface area contributed by atoms with Gasteiger partial charge in [0.15, 0.2) is 0 Å². The molecule has 0 atom stereocenters. The van der Waals surface area contributed by atoms with E-state index < -0.39 is 0 Å². The van der Waals surface area contributed by atoms with E-state index >= 15 is 0 Å². The van der Waals surface area contributed by atoms with Crippen LogP contribution in [0.1, 0.15) is 0 Å². The zero-order valence-corrected chi connectivity index (χ0v) is 13.7. The van der Waals surface area contributed by atoms with Gasteiger partial charge in [0.05, 0.1) is 24.6 Å². The number of ether oxygens (including phenoxy) is 3. The Labute approximate surface area is 138 Å². The molecule has 0 saturated carbocycles. The Morgan fingerprint density at radius 1 is 0.773 bits per heavy atom. The lowest BCUT2D eigenvalue weighted by Gasteiger charge is -2.11. The van der Waals surface area contributed by atoms with Crippen molar-refractivity contribution in [2.45, 2.75) is 0 Å². The van der Waals surface area contributed by atoms with Gasteiger partial charge in [-0.15, -0.1) is 0 Å². The smallest absolute Gasteiger partial charge is 0.142 e. The third-order valence-corrected chi connectivity index (χ3v) is 3.35. The van der Waals surface area contributed by atoms with Gasteiger partial charge in [-0.25, -0.2) is 0 Å². The number of nitrogen functional groups attached to an aromatic ring is 2. The Hall–Kier alpha value is -1.92. The summed E-state index contributed by atoms with van der Waals surface area (Å²) in [5.41, 5.74) is 12.8. The summed E-state index contributed by atoms with van der Waals surface area (Å²) in [4.78, 5) is 0. The molecule has 5 nitrogen and oxygen atoms in total. The highest BCUT2D eigenvalue weighted by atomic mass is 79.9. The molecular formula is C16H19BrN2O3. The molecule has 0 aliphatic heterocycles. The van der Waals surface area contributed by atoms with Crippen LogP contribution < -0.4 is 20.9 Å². The number of halogens is 1. The van der Waals surface area contributed by atoms with E-state index in [4.69, 9.17) is 25.7 Å². The highest BCUT2D eigenvalue weighted by Crippen LogP contribution is 2.25. The van der Waals surface area contributed by atoms with Crippen molar-refractivity contribution >= 4 is 27.3 Å². The first-order valence-electron chi connectivity index (χ1n) is 6.89. The average Bonchev–Trinajstić information content (AvgIpc) is 2.50. The number of hydrogen-bond acceptors (Lipinski definition) is 5. The van der Waals surface area contributed by atoms with Gasteiger partial charge in [0.1, 0.15) is 24.7 Å². The van der Waals surface area contributed by atoms with Gasteiger partial charge in [-0.1, -0.05) is 28.1 Å². The number of para-hydroxylation sites is 2. The van der Waals surface area contributed by atoms with Crippen LogP contribution in [0, 0.1) is 0 Å². The molecule has 22 heavy (non-hydrogen) atoms. The van der Waals surface area contributed by atoms with E-state index in [-0.39, 0.29) is 0 Å². The van der Waals surface area contributed by atoms with E-state index in [9.17, 15) is 0 Å². The quantitative estimate of drug-likeness (QED) is 0.554. The van der Waals surface area contributed by atoms with Crippen molar-refractivity contribution in [3.05, 3.63) is 46.9 Å². The lowest BCUT2D eigenvalue weighted by molar-refractivity contribution is 0.0768. The largest absolute Gasteiger partial charge is 0.489 e. The van der Waals surface area contributed by atoms with E-state index in [1.807, 2.05) is 30.3 Å². The van der Waals surface area contributed by atoms with Crippen LogP contribution in [-0.2, 0) is 4.74 Å². The fourth-order valence-corrected chi connectivity index (χ4v) is 2.16. The van der Waals surface area contributed by atoms with Crippen LogP contribution in [0.2, 0.25) is 0 Å². The first-order valence-corrected chi connectivity index (χ1v) is 7.69. The highest BCUT2D eigenvalue weighted by molar-refractivity contribution is 9.10. The maximum atomic E-state index is 5.83. The van der Waals surface area contributed by atoms with E-state index in [0.29, 0.717) is 49.3 Å². The van der Waals surface area contributed by atoms with Gasteiger partial charge in [0.25, 0.3) is 0 Å². The van der Waals surface area contributed by atoms with Gasteiger partial charge in [0.2, 0.25) is 0 Å². The van der Waals surface area contributed by atoms with E-state index in [1.54, 1.807) is 12.1 Å². The van der Waals surface area contributed by atoms with E-state index in [1.165, 1.54) is 0 Å². The Kier molecular flexibility index (Phi) is 6.36. The van der Waals surface area contributed by atoms with E-state index in [0.717, 1.165) is 4.47 Å². The third kappa shape index (κ3) is 5.13. The van der Waals surface area contributed by atoms with Crippen LogP contribution >= 0.6 is 15.9 Å². The van der Waals surface area contributed by atoms with Gasteiger partial charge in [-0.05, 0) is 30.3 Å².